The monoisotopic (exact) mass is 462 g/mol. The lowest BCUT2D eigenvalue weighted by molar-refractivity contribution is -0.387. The van der Waals surface area contributed by atoms with Crippen LogP contribution in [0.4, 0.5) is 14.9 Å². The van der Waals surface area contributed by atoms with Crippen molar-refractivity contribution in [2.75, 3.05) is 13.2 Å². The molecule has 2 heterocycles. The zero-order chi connectivity index (χ0) is 24.5. The van der Waals surface area contributed by atoms with Gasteiger partial charge in [0.05, 0.1) is 24.6 Å². The molecule has 0 saturated carbocycles. The molecule has 3 rings (SSSR count). The lowest BCUT2D eigenvalue weighted by Crippen LogP contribution is -2.41. The van der Waals surface area contributed by atoms with Crippen molar-refractivity contribution in [3.8, 4) is 0 Å². The summed E-state index contributed by atoms with van der Waals surface area (Å²) < 4.78 is 25.9. The first-order chi connectivity index (χ1) is 15.4. The fourth-order valence-electron chi connectivity index (χ4n) is 3.81. The molecule has 1 amide bonds. The Bertz CT molecular complexity index is 1090. The molecule has 1 atom stereocenters. The van der Waals surface area contributed by atoms with Gasteiger partial charge in [-0.25, -0.2) is 9.59 Å². The van der Waals surface area contributed by atoms with Gasteiger partial charge in [-0.2, -0.15) is 9.49 Å². The molecule has 1 unspecified atom stereocenters. The third kappa shape index (κ3) is 5.29. The Kier molecular flexibility index (Phi) is 6.71. The lowest BCUT2D eigenvalue weighted by Gasteiger charge is -2.33. The maximum Gasteiger partial charge on any atom is 0.410 e. The van der Waals surface area contributed by atoms with E-state index in [1.54, 1.807) is 32.4 Å². The van der Waals surface area contributed by atoms with Gasteiger partial charge >= 0.3 is 17.7 Å². The van der Waals surface area contributed by atoms with E-state index in [1.165, 1.54) is 11.0 Å². The number of nitro groups is 1. The van der Waals surface area contributed by atoms with Crippen molar-refractivity contribution in [1.82, 2.24) is 14.7 Å². The molecule has 0 aliphatic carbocycles. The number of esters is 1. The number of fused-ring (bicyclic) bond motifs is 1. The van der Waals surface area contributed by atoms with Gasteiger partial charge < -0.3 is 14.4 Å². The average molecular weight is 462 g/mol. The maximum atomic E-state index is 13.8. The number of nitro benzene ring substituents is 1. The highest BCUT2D eigenvalue weighted by molar-refractivity contribution is 5.89. The number of carbonyl (C=O) groups is 2. The number of hydrogen-bond donors (Lipinski definition) is 0. The number of ether oxygens (including phenoxy) is 2. The van der Waals surface area contributed by atoms with Gasteiger partial charge in [-0.05, 0) is 39.3 Å². The zero-order valence-electron chi connectivity index (χ0n) is 19.3. The summed E-state index contributed by atoms with van der Waals surface area (Å²) in [7, 11) is 0. The van der Waals surface area contributed by atoms with Crippen molar-refractivity contribution < 1.29 is 28.4 Å². The molecule has 1 aliphatic heterocycles. The van der Waals surface area contributed by atoms with Crippen LogP contribution in [0.1, 0.15) is 67.8 Å². The minimum atomic E-state index is -0.931. The molecule has 1 aromatic carbocycles. The molecule has 0 bridgehead atoms. The summed E-state index contributed by atoms with van der Waals surface area (Å²) in [6, 6.07) is 3.61. The molecule has 0 spiro atoms. The predicted molar refractivity (Wildman–Crippen MR) is 115 cm³/mol. The van der Waals surface area contributed by atoms with Crippen LogP contribution in [0.3, 0.4) is 0 Å². The summed E-state index contributed by atoms with van der Waals surface area (Å²) in [5, 5.41) is 15.5. The largest absolute Gasteiger partial charge is 0.461 e. The number of benzene rings is 1. The minimum Gasteiger partial charge on any atom is -0.461 e. The van der Waals surface area contributed by atoms with E-state index in [9.17, 15) is 24.1 Å². The molecule has 178 valence electrons. The Morgan fingerprint density at radius 1 is 1.33 bits per heavy atom. The van der Waals surface area contributed by atoms with E-state index in [-0.39, 0.29) is 31.3 Å². The molecule has 11 heteroatoms. The van der Waals surface area contributed by atoms with Crippen molar-refractivity contribution in [1.29, 1.82) is 0 Å². The summed E-state index contributed by atoms with van der Waals surface area (Å²) in [6.07, 6.45) is -0.503. The Balaban J connectivity index is 2.01. The average Bonchev–Trinajstić information content (AvgIpc) is 3.07. The number of amides is 1. The van der Waals surface area contributed by atoms with E-state index in [1.807, 2.05) is 6.92 Å². The highest BCUT2D eigenvalue weighted by Gasteiger charge is 2.36. The van der Waals surface area contributed by atoms with Gasteiger partial charge in [0.15, 0.2) is 5.69 Å². The summed E-state index contributed by atoms with van der Waals surface area (Å²) in [5.41, 5.74) is 0.462. The highest BCUT2D eigenvalue weighted by Crippen LogP contribution is 2.32. The molecular weight excluding hydrogens is 435 g/mol. The van der Waals surface area contributed by atoms with E-state index in [2.05, 4.69) is 5.10 Å². The molecule has 0 N–H and O–H groups in total. The highest BCUT2D eigenvalue weighted by atomic mass is 19.1. The van der Waals surface area contributed by atoms with Gasteiger partial charge in [0.25, 0.3) is 0 Å². The fraction of sp³-hybridized carbons (Fsp3) is 0.500. The normalized spacial score (nSPS) is 15.7. The van der Waals surface area contributed by atoms with Gasteiger partial charge in [0.1, 0.15) is 5.60 Å². The van der Waals surface area contributed by atoms with Gasteiger partial charge in [0, 0.05) is 29.8 Å². The second kappa shape index (κ2) is 9.16. The molecule has 1 aliphatic rings. The molecular formula is C22H27FN4O6. The van der Waals surface area contributed by atoms with Crippen molar-refractivity contribution >= 4 is 17.7 Å². The Hall–Kier alpha value is -3.50. The summed E-state index contributed by atoms with van der Waals surface area (Å²) in [6.45, 7) is 9.54. The van der Waals surface area contributed by atoms with Crippen LogP contribution in [0.25, 0.3) is 0 Å². The molecule has 33 heavy (non-hydrogen) atoms. The summed E-state index contributed by atoms with van der Waals surface area (Å²) in [5.74, 6) is -1.77. The van der Waals surface area contributed by atoms with Gasteiger partial charge in [-0.3, -0.25) is 14.8 Å². The van der Waals surface area contributed by atoms with Gasteiger partial charge in [0.2, 0.25) is 5.82 Å². The van der Waals surface area contributed by atoms with Crippen LogP contribution < -0.4 is 0 Å². The quantitative estimate of drug-likeness (QED) is 0.374. The van der Waals surface area contributed by atoms with Crippen molar-refractivity contribution in [3.63, 3.8) is 0 Å². The van der Waals surface area contributed by atoms with E-state index in [0.717, 1.165) is 12.1 Å². The van der Waals surface area contributed by atoms with Crippen LogP contribution in [0.15, 0.2) is 18.2 Å². The lowest BCUT2D eigenvalue weighted by atomic mass is 9.96. The SMILES string of the molecule is CCOC(=O)c1nn(Cc2ccc(F)c([N+](=O)[O-])c2)c2c1CN(C(=O)OC(C)(C)C)CC2C. The Morgan fingerprint density at radius 2 is 2.03 bits per heavy atom. The van der Waals surface area contributed by atoms with Crippen LogP contribution in [0.5, 0.6) is 0 Å². The first-order valence-electron chi connectivity index (χ1n) is 10.6. The summed E-state index contributed by atoms with van der Waals surface area (Å²) >= 11 is 0. The van der Waals surface area contributed by atoms with E-state index in [0.29, 0.717) is 23.4 Å². The van der Waals surface area contributed by atoms with Gasteiger partial charge in [-0.15, -0.1) is 0 Å². The Morgan fingerprint density at radius 3 is 2.64 bits per heavy atom. The Labute approximate surface area is 190 Å². The van der Waals surface area contributed by atoms with Crippen LogP contribution in [-0.2, 0) is 22.6 Å². The fourth-order valence-corrected chi connectivity index (χ4v) is 3.81. The number of halogens is 1. The zero-order valence-corrected chi connectivity index (χ0v) is 19.3. The van der Waals surface area contributed by atoms with E-state index in [4.69, 9.17) is 9.47 Å². The topological polar surface area (TPSA) is 117 Å². The smallest absolute Gasteiger partial charge is 0.410 e. The third-order valence-corrected chi connectivity index (χ3v) is 5.06. The van der Waals surface area contributed by atoms with E-state index >= 15 is 0 Å². The van der Waals surface area contributed by atoms with Gasteiger partial charge in [-0.1, -0.05) is 13.0 Å². The second-order valence-electron chi connectivity index (χ2n) is 8.90. The summed E-state index contributed by atoms with van der Waals surface area (Å²) in [4.78, 5) is 37.1. The second-order valence-corrected chi connectivity index (χ2v) is 8.90. The molecule has 10 nitrogen and oxygen atoms in total. The predicted octanol–water partition coefficient (Wildman–Crippen LogP) is 4.01. The molecule has 0 fully saturated rings. The van der Waals surface area contributed by atoms with E-state index < -0.39 is 34.1 Å². The van der Waals surface area contributed by atoms with Crippen LogP contribution in [-0.4, -0.2) is 50.4 Å². The first kappa shape index (κ1) is 24.1. The van der Waals surface area contributed by atoms with Crippen molar-refractivity contribution in [2.45, 2.75) is 59.2 Å². The van der Waals surface area contributed by atoms with Crippen molar-refractivity contribution in [2.24, 2.45) is 0 Å². The number of nitrogens with zero attached hydrogens (tertiary/aromatic N) is 4. The number of carbonyl (C=O) groups excluding carboxylic acids is 2. The van der Waals surface area contributed by atoms with Crippen LogP contribution in [0.2, 0.25) is 0 Å². The first-order valence-corrected chi connectivity index (χ1v) is 10.6. The maximum absolute atomic E-state index is 13.8. The standard InChI is InChI=1S/C22H27FN4O6/c1-6-32-20(28)18-15-12-25(21(29)33-22(3,4)5)10-13(2)19(15)26(24-18)11-14-7-8-16(23)17(9-14)27(30)31/h7-9,13H,6,10-12H2,1-5H3. The molecule has 0 radical (unpaired) electrons. The molecule has 1 aromatic heterocycles. The number of rotatable bonds is 5. The third-order valence-electron chi connectivity index (χ3n) is 5.06. The number of hydrogen-bond acceptors (Lipinski definition) is 7. The van der Waals surface area contributed by atoms with Crippen LogP contribution >= 0.6 is 0 Å². The minimum absolute atomic E-state index is 0.0728. The molecule has 2 aromatic rings. The number of aromatic nitrogens is 2. The van der Waals surface area contributed by atoms with Crippen LogP contribution in [0, 0.1) is 15.9 Å². The van der Waals surface area contributed by atoms with Crippen molar-refractivity contribution in [3.05, 3.63) is 56.6 Å². The molecule has 0 saturated heterocycles.